The smallest absolute Gasteiger partial charge is 0.307 e. The molecule has 0 aromatic heterocycles. The molecule has 3 unspecified atom stereocenters. The summed E-state index contributed by atoms with van der Waals surface area (Å²) in [5.41, 5.74) is 1.69. The number of carboxylic acid groups (broad SMARTS) is 1. The lowest BCUT2D eigenvalue weighted by Crippen LogP contribution is -2.34. The summed E-state index contributed by atoms with van der Waals surface area (Å²) < 4.78 is 14.2. The number of hydrogen-bond donors (Lipinski definition) is 1. The van der Waals surface area contributed by atoms with E-state index in [1.807, 2.05) is 13.0 Å². The largest absolute Gasteiger partial charge is 0.481 e. The van der Waals surface area contributed by atoms with Gasteiger partial charge in [-0.15, -0.1) is 0 Å². The molecule has 1 aliphatic carbocycles. The number of aryl methyl sites for hydroxylation is 1. The van der Waals surface area contributed by atoms with Crippen molar-refractivity contribution in [3.63, 3.8) is 0 Å². The predicted octanol–water partition coefficient (Wildman–Crippen LogP) is 4.76. The summed E-state index contributed by atoms with van der Waals surface area (Å²) in [5, 5.41) is 9.50. The van der Waals surface area contributed by atoms with Gasteiger partial charge in [-0.3, -0.25) is 4.79 Å². The van der Waals surface area contributed by atoms with Crippen LogP contribution >= 0.6 is 0 Å². The monoisotopic (exact) mass is 292 g/mol. The highest BCUT2D eigenvalue weighted by molar-refractivity contribution is 5.71. The van der Waals surface area contributed by atoms with Gasteiger partial charge >= 0.3 is 5.97 Å². The standard InChI is InChI=1S/C18H25FO2/c1-11-5-8-16(19)15(9-11)14-10-12(18(2,3)4)6-7-13(14)17(20)21/h5,8-9,12-14H,6-7,10H2,1-4H3,(H,20,21). The first-order valence-electron chi connectivity index (χ1n) is 7.69. The quantitative estimate of drug-likeness (QED) is 0.853. The van der Waals surface area contributed by atoms with Crippen LogP contribution in [0.25, 0.3) is 0 Å². The van der Waals surface area contributed by atoms with Gasteiger partial charge < -0.3 is 5.11 Å². The third-order valence-corrected chi connectivity index (χ3v) is 4.94. The lowest BCUT2D eigenvalue weighted by Gasteiger charge is -2.40. The molecule has 1 aromatic rings. The van der Waals surface area contributed by atoms with Gasteiger partial charge in [0.05, 0.1) is 5.92 Å². The van der Waals surface area contributed by atoms with E-state index in [9.17, 15) is 14.3 Å². The Kier molecular flexibility index (Phi) is 4.40. The lowest BCUT2D eigenvalue weighted by atomic mass is 9.64. The van der Waals surface area contributed by atoms with Crippen LogP contribution in [0.4, 0.5) is 4.39 Å². The van der Waals surface area contributed by atoms with Crippen molar-refractivity contribution < 1.29 is 14.3 Å². The maximum absolute atomic E-state index is 14.2. The number of rotatable bonds is 2. The SMILES string of the molecule is Cc1ccc(F)c(C2CC(C(C)(C)C)CCC2C(=O)O)c1. The normalized spacial score (nSPS) is 26.6. The molecule has 0 heterocycles. The molecular weight excluding hydrogens is 267 g/mol. The van der Waals surface area contributed by atoms with Crippen molar-refractivity contribution >= 4 is 5.97 Å². The molecule has 0 spiro atoms. The van der Waals surface area contributed by atoms with E-state index in [4.69, 9.17) is 0 Å². The van der Waals surface area contributed by atoms with Gasteiger partial charge in [-0.05, 0) is 49.1 Å². The molecule has 1 aliphatic rings. The van der Waals surface area contributed by atoms with Gasteiger partial charge in [-0.1, -0.05) is 38.5 Å². The molecule has 1 fully saturated rings. The molecular formula is C18H25FO2. The Morgan fingerprint density at radius 2 is 1.95 bits per heavy atom. The summed E-state index contributed by atoms with van der Waals surface area (Å²) in [4.78, 5) is 11.6. The minimum absolute atomic E-state index is 0.127. The van der Waals surface area contributed by atoms with Crippen molar-refractivity contribution in [2.75, 3.05) is 0 Å². The van der Waals surface area contributed by atoms with Gasteiger partial charge in [-0.2, -0.15) is 0 Å². The number of carbonyl (C=O) groups is 1. The predicted molar refractivity (Wildman–Crippen MR) is 81.8 cm³/mol. The number of halogens is 1. The zero-order chi connectivity index (χ0) is 15.8. The maximum atomic E-state index is 14.2. The van der Waals surface area contributed by atoms with Crippen LogP contribution in [0.1, 0.15) is 57.1 Å². The summed E-state index contributed by atoms with van der Waals surface area (Å²) >= 11 is 0. The second kappa shape index (κ2) is 5.78. The highest BCUT2D eigenvalue weighted by atomic mass is 19.1. The first-order valence-corrected chi connectivity index (χ1v) is 7.69. The molecule has 1 aromatic carbocycles. The third kappa shape index (κ3) is 3.45. The van der Waals surface area contributed by atoms with E-state index in [-0.39, 0.29) is 17.2 Å². The number of benzene rings is 1. The van der Waals surface area contributed by atoms with E-state index >= 15 is 0 Å². The average molecular weight is 292 g/mol. The minimum Gasteiger partial charge on any atom is -0.481 e. The van der Waals surface area contributed by atoms with Crippen LogP contribution in [0.3, 0.4) is 0 Å². The molecule has 3 heteroatoms. The molecule has 0 amide bonds. The summed E-state index contributed by atoms with van der Waals surface area (Å²) in [6, 6.07) is 5.02. The fourth-order valence-corrected chi connectivity index (χ4v) is 3.54. The second-order valence-corrected chi connectivity index (χ2v) is 7.45. The topological polar surface area (TPSA) is 37.3 Å². The van der Waals surface area contributed by atoms with Gasteiger partial charge in [0.25, 0.3) is 0 Å². The molecule has 0 aliphatic heterocycles. The first kappa shape index (κ1) is 16.0. The highest BCUT2D eigenvalue weighted by Crippen LogP contribution is 2.47. The van der Waals surface area contributed by atoms with Crippen molar-refractivity contribution in [2.24, 2.45) is 17.3 Å². The van der Waals surface area contributed by atoms with Gasteiger partial charge in [0.2, 0.25) is 0 Å². The van der Waals surface area contributed by atoms with Gasteiger partial charge in [0.1, 0.15) is 5.82 Å². The summed E-state index contributed by atoms with van der Waals surface area (Å²) in [6.07, 6.45) is 2.29. The van der Waals surface area contributed by atoms with E-state index in [0.29, 0.717) is 17.9 Å². The van der Waals surface area contributed by atoms with Crippen LogP contribution in [0, 0.1) is 30.0 Å². The molecule has 21 heavy (non-hydrogen) atoms. The Balaban J connectivity index is 2.38. The summed E-state index contributed by atoms with van der Waals surface area (Å²) in [6.45, 7) is 8.47. The van der Waals surface area contributed by atoms with Crippen molar-refractivity contribution in [3.05, 3.63) is 35.1 Å². The van der Waals surface area contributed by atoms with Crippen LogP contribution < -0.4 is 0 Å². The fraction of sp³-hybridized carbons (Fsp3) is 0.611. The molecule has 0 bridgehead atoms. The van der Waals surface area contributed by atoms with E-state index in [2.05, 4.69) is 20.8 Å². The average Bonchev–Trinajstić information content (AvgIpc) is 2.39. The maximum Gasteiger partial charge on any atom is 0.307 e. The van der Waals surface area contributed by atoms with Crippen LogP contribution in [0.2, 0.25) is 0 Å². The van der Waals surface area contributed by atoms with Gasteiger partial charge in [0, 0.05) is 5.92 Å². The van der Waals surface area contributed by atoms with Crippen LogP contribution in [0.5, 0.6) is 0 Å². The Hall–Kier alpha value is -1.38. The van der Waals surface area contributed by atoms with Crippen LogP contribution in [0.15, 0.2) is 18.2 Å². The molecule has 1 saturated carbocycles. The van der Waals surface area contributed by atoms with Crippen LogP contribution in [-0.4, -0.2) is 11.1 Å². The highest BCUT2D eigenvalue weighted by Gasteiger charge is 2.40. The Bertz CT molecular complexity index is 531. The van der Waals surface area contributed by atoms with E-state index < -0.39 is 11.9 Å². The van der Waals surface area contributed by atoms with E-state index in [0.717, 1.165) is 18.4 Å². The fourth-order valence-electron chi connectivity index (χ4n) is 3.54. The first-order chi connectivity index (χ1) is 9.70. The Morgan fingerprint density at radius 3 is 2.52 bits per heavy atom. The number of aliphatic carboxylic acids is 1. The molecule has 1 N–H and O–H groups in total. The van der Waals surface area contributed by atoms with E-state index in [1.54, 1.807) is 6.07 Å². The number of hydrogen-bond acceptors (Lipinski definition) is 1. The van der Waals surface area contributed by atoms with Crippen molar-refractivity contribution in [1.82, 2.24) is 0 Å². The number of carboxylic acids is 1. The Morgan fingerprint density at radius 1 is 1.29 bits per heavy atom. The van der Waals surface area contributed by atoms with Crippen LogP contribution in [-0.2, 0) is 4.79 Å². The lowest BCUT2D eigenvalue weighted by molar-refractivity contribution is -0.144. The summed E-state index contributed by atoms with van der Waals surface area (Å²) in [5.74, 6) is -1.34. The minimum atomic E-state index is -0.798. The van der Waals surface area contributed by atoms with Crippen molar-refractivity contribution in [1.29, 1.82) is 0 Å². The van der Waals surface area contributed by atoms with Gasteiger partial charge in [-0.25, -0.2) is 4.39 Å². The van der Waals surface area contributed by atoms with Gasteiger partial charge in [0.15, 0.2) is 0 Å². The molecule has 2 nitrogen and oxygen atoms in total. The molecule has 2 rings (SSSR count). The van der Waals surface area contributed by atoms with Crippen molar-refractivity contribution in [3.8, 4) is 0 Å². The zero-order valence-corrected chi connectivity index (χ0v) is 13.3. The molecule has 0 saturated heterocycles. The molecule has 0 radical (unpaired) electrons. The molecule has 3 atom stereocenters. The second-order valence-electron chi connectivity index (χ2n) is 7.45. The Labute approximate surface area is 126 Å². The zero-order valence-electron chi connectivity index (χ0n) is 13.3. The van der Waals surface area contributed by atoms with E-state index in [1.165, 1.54) is 6.07 Å². The van der Waals surface area contributed by atoms with Crippen molar-refractivity contribution in [2.45, 2.75) is 52.9 Å². The summed E-state index contributed by atoms with van der Waals surface area (Å²) in [7, 11) is 0. The third-order valence-electron chi connectivity index (χ3n) is 4.94. The molecule has 116 valence electrons.